The summed E-state index contributed by atoms with van der Waals surface area (Å²) in [7, 11) is 1.67. The van der Waals surface area contributed by atoms with E-state index in [2.05, 4.69) is 34.9 Å². The Bertz CT molecular complexity index is 615. The van der Waals surface area contributed by atoms with Crippen molar-refractivity contribution in [2.24, 2.45) is 0 Å². The average Bonchev–Trinajstić information content (AvgIpc) is 3.06. The summed E-state index contributed by atoms with van der Waals surface area (Å²) in [6.07, 6.45) is 5.79. The third-order valence-electron chi connectivity index (χ3n) is 4.06. The maximum absolute atomic E-state index is 5.86. The van der Waals surface area contributed by atoms with Crippen LogP contribution < -0.4 is 4.74 Å². The number of hydrogen-bond donors (Lipinski definition) is 0. The predicted molar refractivity (Wildman–Crippen MR) is 102 cm³/mol. The molecular formula is C19H27BrN2O3. The molecule has 25 heavy (non-hydrogen) atoms. The summed E-state index contributed by atoms with van der Waals surface area (Å²) in [5, 5.41) is 4.29. The fourth-order valence-electron chi connectivity index (χ4n) is 2.34. The quantitative estimate of drug-likeness (QED) is 0.507. The van der Waals surface area contributed by atoms with Crippen LogP contribution >= 0.6 is 15.9 Å². The van der Waals surface area contributed by atoms with E-state index in [0.717, 1.165) is 35.2 Å². The largest absolute Gasteiger partial charge is 0.497 e. The van der Waals surface area contributed by atoms with Crippen LogP contribution in [0.2, 0.25) is 0 Å². The lowest BCUT2D eigenvalue weighted by Gasteiger charge is -2.15. The van der Waals surface area contributed by atoms with Crippen LogP contribution in [0.4, 0.5) is 0 Å². The molecule has 0 aliphatic heterocycles. The van der Waals surface area contributed by atoms with E-state index in [1.807, 2.05) is 35.1 Å². The highest BCUT2D eigenvalue weighted by molar-refractivity contribution is 9.10. The van der Waals surface area contributed by atoms with E-state index in [9.17, 15) is 0 Å². The van der Waals surface area contributed by atoms with Crippen LogP contribution in [-0.2, 0) is 16.1 Å². The zero-order valence-electron chi connectivity index (χ0n) is 15.2. The van der Waals surface area contributed by atoms with Crippen molar-refractivity contribution in [3.63, 3.8) is 0 Å². The van der Waals surface area contributed by atoms with Gasteiger partial charge in [0.05, 0.1) is 36.5 Å². The second-order valence-corrected chi connectivity index (χ2v) is 7.06. The number of halogens is 1. The van der Waals surface area contributed by atoms with E-state index in [0.29, 0.717) is 19.3 Å². The first-order chi connectivity index (χ1) is 12.1. The van der Waals surface area contributed by atoms with Gasteiger partial charge in [-0.1, -0.05) is 12.1 Å². The average molecular weight is 411 g/mol. The molecule has 0 spiro atoms. The first kappa shape index (κ1) is 19.9. The van der Waals surface area contributed by atoms with Gasteiger partial charge in [-0.25, -0.2) is 0 Å². The number of aromatic nitrogens is 2. The molecule has 0 N–H and O–H groups in total. The van der Waals surface area contributed by atoms with Gasteiger partial charge in [-0.2, -0.15) is 5.10 Å². The molecule has 0 aliphatic carbocycles. The third-order valence-corrected chi connectivity index (χ3v) is 4.47. The number of hydrogen-bond acceptors (Lipinski definition) is 4. The molecule has 0 saturated heterocycles. The Hall–Kier alpha value is -1.37. The predicted octanol–water partition coefficient (Wildman–Crippen LogP) is 4.62. The summed E-state index contributed by atoms with van der Waals surface area (Å²) in [4.78, 5) is 0. The molecule has 138 valence electrons. The lowest BCUT2D eigenvalue weighted by Crippen LogP contribution is -2.13. The minimum atomic E-state index is 0.168. The van der Waals surface area contributed by atoms with Crippen LogP contribution in [0.1, 0.15) is 38.3 Å². The number of ether oxygens (including phenoxy) is 3. The molecule has 0 amide bonds. The zero-order chi connectivity index (χ0) is 18.1. The Morgan fingerprint density at radius 3 is 2.48 bits per heavy atom. The molecule has 0 unspecified atom stereocenters. The van der Waals surface area contributed by atoms with Gasteiger partial charge in [0.15, 0.2) is 0 Å². The first-order valence-electron chi connectivity index (χ1n) is 8.60. The van der Waals surface area contributed by atoms with E-state index >= 15 is 0 Å². The van der Waals surface area contributed by atoms with Crippen molar-refractivity contribution in [1.82, 2.24) is 9.78 Å². The first-order valence-corrected chi connectivity index (χ1v) is 9.39. The monoisotopic (exact) mass is 410 g/mol. The van der Waals surface area contributed by atoms with Gasteiger partial charge >= 0.3 is 0 Å². The molecule has 0 fully saturated rings. The van der Waals surface area contributed by atoms with E-state index in [1.54, 1.807) is 13.3 Å². The second kappa shape index (κ2) is 10.6. The molecule has 0 aliphatic rings. The number of benzene rings is 1. The molecule has 0 radical (unpaired) electrons. The maximum Gasteiger partial charge on any atom is 0.118 e. The highest BCUT2D eigenvalue weighted by atomic mass is 79.9. The lowest BCUT2D eigenvalue weighted by molar-refractivity contribution is 0.0205. The van der Waals surface area contributed by atoms with Crippen LogP contribution in [0.5, 0.6) is 5.75 Å². The second-order valence-electron chi connectivity index (χ2n) is 6.15. The van der Waals surface area contributed by atoms with Gasteiger partial charge in [-0.15, -0.1) is 0 Å². The summed E-state index contributed by atoms with van der Waals surface area (Å²) in [5.74, 6) is 0.863. The third kappa shape index (κ3) is 7.18. The molecule has 5 nitrogen and oxygen atoms in total. The van der Waals surface area contributed by atoms with Crippen molar-refractivity contribution >= 4 is 15.9 Å². The standard InChI is InChI=1S/C19H27BrN2O3/c1-15(22-13-18(20)12-21-22)8-10-24-11-9-16(2)25-14-17-4-6-19(23-3)7-5-17/h4-7,12-13,15-16H,8-11,14H2,1-3H3/t15-,16-/m1/s1. The van der Waals surface area contributed by atoms with Crippen molar-refractivity contribution in [3.05, 3.63) is 46.7 Å². The molecule has 2 aromatic rings. The highest BCUT2D eigenvalue weighted by Crippen LogP contribution is 2.15. The van der Waals surface area contributed by atoms with Gasteiger partial charge in [-0.05, 0) is 60.3 Å². The zero-order valence-corrected chi connectivity index (χ0v) is 16.7. The summed E-state index contributed by atoms with van der Waals surface area (Å²) in [5.41, 5.74) is 1.15. The van der Waals surface area contributed by atoms with Crippen LogP contribution in [0.15, 0.2) is 41.1 Å². The summed E-state index contributed by atoms with van der Waals surface area (Å²) >= 11 is 3.41. The normalized spacial score (nSPS) is 13.6. The molecule has 0 saturated carbocycles. The van der Waals surface area contributed by atoms with E-state index < -0.39 is 0 Å². The Labute approximate surface area is 158 Å². The van der Waals surface area contributed by atoms with Crippen LogP contribution in [0.3, 0.4) is 0 Å². The van der Waals surface area contributed by atoms with Gasteiger partial charge in [0.25, 0.3) is 0 Å². The van der Waals surface area contributed by atoms with Gasteiger partial charge < -0.3 is 14.2 Å². The van der Waals surface area contributed by atoms with Crippen LogP contribution in [-0.4, -0.2) is 36.2 Å². The fraction of sp³-hybridized carbons (Fsp3) is 0.526. The van der Waals surface area contributed by atoms with Crippen LogP contribution in [0, 0.1) is 0 Å². The van der Waals surface area contributed by atoms with E-state index in [1.165, 1.54) is 0 Å². The molecule has 1 heterocycles. The molecule has 1 aromatic carbocycles. The lowest BCUT2D eigenvalue weighted by atomic mass is 10.2. The van der Waals surface area contributed by atoms with E-state index in [4.69, 9.17) is 14.2 Å². The van der Waals surface area contributed by atoms with Gasteiger partial charge in [0.1, 0.15) is 5.75 Å². The Morgan fingerprint density at radius 2 is 1.84 bits per heavy atom. The van der Waals surface area contributed by atoms with Crippen molar-refractivity contribution in [2.75, 3.05) is 20.3 Å². The smallest absolute Gasteiger partial charge is 0.118 e. The van der Waals surface area contributed by atoms with Crippen molar-refractivity contribution < 1.29 is 14.2 Å². The SMILES string of the molecule is COc1ccc(CO[C@H](C)CCOCC[C@@H](C)n2cc(Br)cn2)cc1. The Kier molecular flexibility index (Phi) is 8.44. The van der Waals surface area contributed by atoms with Crippen molar-refractivity contribution in [1.29, 1.82) is 0 Å². The van der Waals surface area contributed by atoms with Gasteiger partial charge in [0, 0.05) is 19.4 Å². The molecular weight excluding hydrogens is 384 g/mol. The summed E-state index contributed by atoms with van der Waals surface area (Å²) in [6, 6.07) is 8.28. The van der Waals surface area contributed by atoms with Crippen molar-refractivity contribution in [2.45, 2.75) is 45.4 Å². The number of methoxy groups -OCH3 is 1. The van der Waals surface area contributed by atoms with E-state index in [-0.39, 0.29) is 6.10 Å². The van der Waals surface area contributed by atoms with Gasteiger partial charge in [-0.3, -0.25) is 4.68 Å². The molecule has 1 aromatic heterocycles. The molecule has 0 bridgehead atoms. The summed E-state index contributed by atoms with van der Waals surface area (Å²) in [6.45, 7) is 6.26. The molecule has 6 heteroatoms. The number of nitrogens with zero attached hydrogens (tertiary/aromatic N) is 2. The van der Waals surface area contributed by atoms with Gasteiger partial charge in [0.2, 0.25) is 0 Å². The summed E-state index contributed by atoms with van der Waals surface area (Å²) < 4.78 is 19.7. The highest BCUT2D eigenvalue weighted by Gasteiger charge is 2.07. The molecule has 2 rings (SSSR count). The van der Waals surface area contributed by atoms with Crippen LogP contribution in [0.25, 0.3) is 0 Å². The fourth-order valence-corrected chi connectivity index (χ4v) is 2.64. The topological polar surface area (TPSA) is 45.5 Å². The minimum absolute atomic E-state index is 0.168. The maximum atomic E-state index is 5.86. The Balaban J connectivity index is 1.55. The molecule has 2 atom stereocenters. The number of rotatable bonds is 11. The Morgan fingerprint density at radius 1 is 1.12 bits per heavy atom. The minimum Gasteiger partial charge on any atom is -0.497 e. The van der Waals surface area contributed by atoms with Crippen molar-refractivity contribution in [3.8, 4) is 5.75 Å².